The van der Waals surface area contributed by atoms with E-state index in [2.05, 4.69) is 27.9 Å². The lowest BCUT2D eigenvalue weighted by Crippen LogP contribution is -2.40. The number of guanidine groups is 1. The molecule has 0 radical (unpaired) electrons. The Balaban J connectivity index is 0.00000361. The van der Waals surface area contributed by atoms with E-state index in [1.165, 1.54) is 12.6 Å². The highest BCUT2D eigenvalue weighted by Crippen LogP contribution is 2.18. The van der Waals surface area contributed by atoms with Crippen LogP contribution in [0, 0.1) is 0 Å². The predicted octanol–water partition coefficient (Wildman–Crippen LogP) is 3.59. The average Bonchev–Trinajstić information content (AvgIpc) is 2.85. The Morgan fingerprint density at radius 1 is 1.40 bits per heavy atom. The summed E-state index contributed by atoms with van der Waals surface area (Å²) in [5.74, 6) is 0.679. The van der Waals surface area contributed by atoms with Crippen molar-refractivity contribution in [1.82, 2.24) is 10.6 Å². The second kappa shape index (κ2) is 9.43. The van der Waals surface area contributed by atoms with Crippen LogP contribution in [0.3, 0.4) is 0 Å². The first-order chi connectivity index (χ1) is 8.92. The summed E-state index contributed by atoms with van der Waals surface area (Å²) in [6, 6.07) is 2.04. The van der Waals surface area contributed by atoms with E-state index in [1.54, 1.807) is 11.3 Å². The molecule has 0 fully saturated rings. The van der Waals surface area contributed by atoms with Crippen LogP contribution in [0.25, 0.3) is 0 Å². The third-order valence-electron chi connectivity index (χ3n) is 2.61. The lowest BCUT2D eigenvalue weighted by Gasteiger charge is -2.15. The second-order valence-corrected chi connectivity index (χ2v) is 4.98. The van der Waals surface area contributed by atoms with Crippen LogP contribution < -0.4 is 10.6 Å². The van der Waals surface area contributed by atoms with Gasteiger partial charge >= 0.3 is 6.18 Å². The number of thiophene rings is 1. The molecule has 3 nitrogen and oxygen atoms in total. The highest BCUT2D eigenvalue weighted by molar-refractivity contribution is 14.0. The largest absolute Gasteiger partial charge is 0.390 e. The number of hydrogen-bond donors (Lipinski definition) is 2. The summed E-state index contributed by atoms with van der Waals surface area (Å²) in [5, 5.41) is 9.73. The number of alkyl halides is 3. The molecule has 0 amide bonds. The first-order valence-corrected chi connectivity index (χ1v) is 6.90. The van der Waals surface area contributed by atoms with Gasteiger partial charge in [-0.3, -0.25) is 4.99 Å². The topological polar surface area (TPSA) is 36.4 Å². The van der Waals surface area contributed by atoms with Crippen LogP contribution in [0.15, 0.2) is 21.8 Å². The minimum Gasteiger partial charge on any atom is -0.356 e. The van der Waals surface area contributed by atoms with Crippen LogP contribution in [0.2, 0.25) is 0 Å². The van der Waals surface area contributed by atoms with E-state index in [1.807, 2.05) is 11.4 Å². The van der Waals surface area contributed by atoms with E-state index < -0.39 is 12.6 Å². The summed E-state index contributed by atoms with van der Waals surface area (Å²) < 4.78 is 36.0. The molecule has 1 unspecified atom stereocenters. The van der Waals surface area contributed by atoms with Crippen molar-refractivity contribution < 1.29 is 13.2 Å². The van der Waals surface area contributed by atoms with Gasteiger partial charge in [0.15, 0.2) is 5.96 Å². The van der Waals surface area contributed by atoms with E-state index in [0.29, 0.717) is 12.5 Å². The lowest BCUT2D eigenvalue weighted by molar-refractivity contribution is -0.132. The Labute approximate surface area is 138 Å². The molecule has 116 valence electrons. The lowest BCUT2D eigenvalue weighted by atomic mass is 10.1. The molecule has 1 atom stereocenters. The minimum atomic E-state index is -4.14. The maximum Gasteiger partial charge on any atom is 0.390 e. The molecule has 0 bridgehead atoms. The molecule has 0 aliphatic heterocycles. The first-order valence-electron chi connectivity index (χ1n) is 5.95. The number of rotatable bonds is 5. The maximum atomic E-state index is 12.0. The smallest absolute Gasteiger partial charge is 0.356 e. The van der Waals surface area contributed by atoms with Gasteiger partial charge in [0.05, 0.1) is 6.42 Å². The van der Waals surface area contributed by atoms with Gasteiger partial charge in [-0.25, -0.2) is 0 Å². The Hall–Kier alpha value is -0.510. The van der Waals surface area contributed by atoms with Gasteiger partial charge in [0.25, 0.3) is 0 Å². The summed E-state index contributed by atoms with van der Waals surface area (Å²) >= 11 is 1.63. The van der Waals surface area contributed by atoms with Gasteiger partial charge in [-0.1, -0.05) is 6.92 Å². The molecular formula is C12H19F3IN3S. The fourth-order valence-electron chi connectivity index (χ4n) is 1.47. The molecule has 0 saturated heterocycles. The Kier molecular flexibility index (Phi) is 9.19. The molecule has 1 heterocycles. The molecule has 0 saturated carbocycles. The van der Waals surface area contributed by atoms with Crippen LogP contribution >= 0.6 is 35.3 Å². The maximum absolute atomic E-state index is 12.0. The highest BCUT2D eigenvalue weighted by atomic mass is 127. The Bertz CT molecular complexity index is 393. The van der Waals surface area contributed by atoms with Crippen LogP contribution in [0.1, 0.15) is 24.8 Å². The molecular weight excluding hydrogens is 402 g/mol. The monoisotopic (exact) mass is 421 g/mol. The third kappa shape index (κ3) is 7.93. The zero-order valence-electron chi connectivity index (χ0n) is 11.3. The standard InChI is InChI=1S/C12H18F3N3S.HI/c1-9(10-3-6-19-8-10)7-18-11(16-2)17-5-4-12(13,14)15;/h3,6,8-9H,4-5,7H2,1-2H3,(H2,16,17,18);1H. The van der Waals surface area contributed by atoms with Gasteiger partial charge in [-0.05, 0) is 28.3 Å². The summed E-state index contributed by atoms with van der Waals surface area (Å²) in [6.07, 6.45) is -5.01. The summed E-state index contributed by atoms with van der Waals surface area (Å²) in [5.41, 5.74) is 1.21. The van der Waals surface area contributed by atoms with Crippen LogP contribution in [-0.2, 0) is 0 Å². The van der Waals surface area contributed by atoms with Crippen molar-refractivity contribution in [1.29, 1.82) is 0 Å². The van der Waals surface area contributed by atoms with E-state index in [9.17, 15) is 13.2 Å². The third-order valence-corrected chi connectivity index (χ3v) is 3.31. The van der Waals surface area contributed by atoms with Crippen molar-refractivity contribution in [2.75, 3.05) is 20.1 Å². The summed E-state index contributed by atoms with van der Waals surface area (Å²) in [7, 11) is 1.54. The molecule has 1 aromatic rings. The van der Waals surface area contributed by atoms with Gasteiger partial charge in [-0.2, -0.15) is 24.5 Å². The van der Waals surface area contributed by atoms with Gasteiger partial charge < -0.3 is 10.6 Å². The highest BCUT2D eigenvalue weighted by Gasteiger charge is 2.26. The first kappa shape index (κ1) is 19.5. The molecule has 8 heteroatoms. The van der Waals surface area contributed by atoms with Crippen molar-refractivity contribution in [2.24, 2.45) is 4.99 Å². The average molecular weight is 421 g/mol. The Morgan fingerprint density at radius 2 is 2.10 bits per heavy atom. The summed E-state index contributed by atoms with van der Waals surface area (Å²) in [4.78, 5) is 3.89. The zero-order valence-corrected chi connectivity index (χ0v) is 14.5. The van der Waals surface area contributed by atoms with Crippen molar-refractivity contribution in [3.05, 3.63) is 22.4 Å². The van der Waals surface area contributed by atoms with Gasteiger partial charge in [0.1, 0.15) is 0 Å². The van der Waals surface area contributed by atoms with Gasteiger partial charge in [-0.15, -0.1) is 24.0 Å². The molecule has 0 aromatic carbocycles. The fourth-order valence-corrected chi connectivity index (χ4v) is 2.25. The SMILES string of the molecule is CN=C(NCCC(F)(F)F)NCC(C)c1ccsc1.I. The quantitative estimate of drug-likeness (QED) is 0.433. The molecule has 1 rings (SSSR count). The second-order valence-electron chi connectivity index (χ2n) is 4.20. The van der Waals surface area contributed by atoms with E-state index in [-0.39, 0.29) is 36.4 Å². The molecule has 20 heavy (non-hydrogen) atoms. The molecule has 2 N–H and O–H groups in total. The van der Waals surface area contributed by atoms with E-state index >= 15 is 0 Å². The minimum absolute atomic E-state index is 0. The van der Waals surface area contributed by atoms with Gasteiger partial charge in [0, 0.05) is 20.1 Å². The molecule has 1 aromatic heterocycles. The fraction of sp³-hybridized carbons (Fsp3) is 0.583. The normalized spacial score (nSPS) is 13.6. The number of nitrogens with zero attached hydrogens (tertiary/aromatic N) is 1. The van der Waals surface area contributed by atoms with Crippen molar-refractivity contribution in [3.8, 4) is 0 Å². The number of aliphatic imine (C=N–C) groups is 1. The molecule has 0 aliphatic rings. The molecule has 0 spiro atoms. The van der Waals surface area contributed by atoms with Crippen LogP contribution in [-0.4, -0.2) is 32.3 Å². The number of nitrogens with one attached hydrogen (secondary N) is 2. The van der Waals surface area contributed by atoms with Crippen LogP contribution in [0.5, 0.6) is 0 Å². The number of hydrogen-bond acceptors (Lipinski definition) is 2. The van der Waals surface area contributed by atoms with E-state index in [0.717, 1.165) is 0 Å². The van der Waals surface area contributed by atoms with Crippen LogP contribution in [0.4, 0.5) is 13.2 Å². The number of halogens is 4. The van der Waals surface area contributed by atoms with E-state index in [4.69, 9.17) is 0 Å². The van der Waals surface area contributed by atoms with Crippen molar-refractivity contribution >= 4 is 41.3 Å². The Morgan fingerprint density at radius 3 is 2.60 bits per heavy atom. The predicted molar refractivity (Wildman–Crippen MR) is 88.2 cm³/mol. The van der Waals surface area contributed by atoms with Crippen molar-refractivity contribution in [2.45, 2.75) is 25.4 Å². The van der Waals surface area contributed by atoms with Gasteiger partial charge in [0.2, 0.25) is 0 Å². The van der Waals surface area contributed by atoms with Crippen molar-refractivity contribution in [3.63, 3.8) is 0 Å². The zero-order chi connectivity index (χ0) is 14.3. The summed E-state index contributed by atoms with van der Waals surface area (Å²) in [6.45, 7) is 2.51. The molecule has 0 aliphatic carbocycles.